The minimum atomic E-state index is -1.67. The number of nitrogens with zero attached hydrogens (tertiary/aromatic N) is 1. The maximum atomic E-state index is 11.0. The number of primary amides is 1. The normalized spacial score (nSPS) is 9.47. The molecule has 0 unspecified atom stereocenters. The maximum absolute atomic E-state index is 11.0. The highest BCUT2D eigenvalue weighted by Crippen LogP contribution is 2.21. The Morgan fingerprint density at radius 2 is 2.12 bits per heavy atom. The van der Waals surface area contributed by atoms with Crippen LogP contribution in [0.5, 0.6) is 5.88 Å². The minimum Gasteiger partial charge on any atom is -0.480 e. The van der Waals surface area contributed by atoms with Gasteiger partial charge in [-0.3, -0.25) is 9.59 Å². The molecule has 2 amide bonds. The van der Waals surface area contributed by atoms with Gasteiger partial charge in [-0.05, 0) is 6.07 Å². The maximum Gasteiger partial charge on any atom is 0.394 e. The van der Waals surface area contributed by atoms with Gasteiger partial charge in [0.2, 0.25) is 11.8 Å². The molecule has 0 aromatic carbocycles. The number of hydrogen-bond acceptors (Lipinski definition) is 5. The number of anilines is 1. The lowest BCUT2D eigenvalue weighted by atomic mass is 10.2. The molecule has 0 fully saturated rings. The summed E-state index contributed by atoms with van der Waals surface area (Å²) >= 11 is 0. The fraction of sp³-hybridized carbons (Fsp3) is 0.111. The second-order valence-corrected chi connectivity index (χ2v) is 2.90. The molecule has 1 rings (SSSR count). The van der Waals surface area contributed by atoms with Gasteiger partial charge in [-0.15, -0.1) is 0 Å². The number of carbonyl (C=O) groups excluding carboxylic acids is 2. The minimum absolute atomic E-state index is 0.0199. The highest BCUT2D eigenvalue weighted by molar-refractivity contribution is 6.36. The Morgan fingerprint density at radius 3 is 2.59 bits per heavy atom. The molecule has 8 heteroatoms. The summed E-state index contributed by atoms with van der Waals surface area (Å²) in [6, 6.07) is 1.18. The monoisotopic (exact) mass is 239 g/mol. The largest absolute Gasteiger partial charge is 0.480 e. The van der Waals surface area contributed by atoms with Gasteiger partial charge in [0, 0.05) is 6.20 Å². The van der Waals surface area contributed by atoms with Gasteiger partial charge in [-0.25, -0.2) is 9.78 Å². The van der Waals surface area contributed by atoms with Crippen LogP contribution in [0.2, 0.25) is 0 Å². The van der Waals surface area contributed by atoms with Crippen LogP contribution in [0.15, 0.2) is 12.3 Å². The van der Waals surface area contributed by atoms with Crippen molar-refractivity contribution in [1.29, 1.82) is 0 Å². The van der Waals surface area contributed by atoms with Gasteiger partial charge in [-0.1, -0.05) is 0 Å². The molecule has 0 bridgehead atoms. The zero-order chi connectivity index (χ0) is 13.0. The Labute approximate surface area is 95.4 Å². The van der Waals surface area contributed by atoms with Crippen molar-refractivity contribution in [2.45, 2.75) is 0 Å². The number of aromatic nitrogens is 1. The van der Waals surface area contributed by atoms with Crippen LogP contribution in [0.3, 0.4) is 0 Å². The molecule has 0 aliphatic rings. The second-order valence-electron chi connectivity index (χ2n) is 2.90. The average molecular weight is 239 g/mol. The first-order chi connectivity index (χ1) is 7.95. The summed E-state index contributed by atoms with van der Waals surface area (Å²) in [5.41, 5.74) is 4.99. The summed E-state index contributed by atoms with van der Waals surface area (Å²) in [5.74, 6) is -3.72. The SMILES string of the molecule is COc1ncc(C(N)=O)cc1NC(=O)C(=O)O. The molecule has 1 aromatic rings. The highest BCUT2D eigenvalue weighted by atomic mass is 16.5. The molecular formula is C9H9N3O5. The number of nitrogens with two attached hydrogens (primary N) is 1. The van der Waals surface area contributed by atoms with E-state index in [-0.39, 0.29) is 17.1 Å². The predicted octanol–water partition coefficient (Wildman–Crippen LogP) is -0.788. The molecule has 4 N–H and O–H groups in total. The van der Waals surface area contributed by atoms with Crippen molar-refractivity contribution in [2.75, 3.05) is 12.4 Å². The molecule has 1 aromatic heterocycles. The van der Waals surface area contributed by atoms with E-state index < -0.39 is 17.8 Å². The van der Waals surface area contributed by atoms with E-state index in [0.717, 1.165) is 6.20 Å². The van der Waals surface area contributed by atoms with E-state index in [9.17, 15) is 14.4 Å². The van der Waals surface area contributed by atoms with Crippen molar-refractivity contribution in [3.8, 4) is 5.88 Å². The quantitative estimate of drug-likeness (QED) is 0.592. The van der Waals surface area contributed by atoms with Crippen LogP contribution in [0.1, 0.15) is 10.4 Å². The van der Waals surface area contributed by atoms with Gasteiger partial charge in [0.25, 0.3) is 0 Å². The van der Waals surface area contributed by atoms with Gasteiger partial charge >= 0.3 is 11.9 Å². The van der Waals surface area contributed by atoms with Gasteiger partial charge in [0.1, 0.15) is 5.69 Å². The number of carboxylic acids is 1. The topological polar surface area (TPSA) is 132 Å². The van der Waals surface area contributed by atoms with Crippen LogP contribution >= 0.6 is 0 Å². The lowest BCUT2D eigenvalue weighted by Crippen LogP contribution is -2.23. The smallest absolute Gasteiger partial charge is 0.394 e. The third-order valence-electron chi connectivity index (χ3n) is 1.77. The molecule has 0 spiro atoms. The third kappa shape index (κ3) is 2.91. The Hall–Kier alpha value is -2.64. The van der Waals surface area contributed by atoms with Crippen molar-refractivity contribution in [2.24, 2.45) is 5.73 Å². The summed E-state index contributed by atoms with van der Waals surface area (Å²) in [7, 11) is 1.28. The summed E-state index contributed by atoms with van der Waals surface area (Å²) in [6.07, 6.45) is 1.15. The predicted molar refractivity (Wildman–Crippen MR) is 55.6 cm³/mol. The molecule has 0 saturated heterocycles. The van der Waals surface area contributed by atoms with Crippen LogP contribution in [0, 0.1) is 0 Å². The van der Waals surface area contributed by atoms with E-state index in [4.69, 9.17) is 15.6 Å². The number of amides is 2. The van der Waals surface area contributed by atoms with Crippen LogP contribution in [0.25, 0.3) is 0 Å². The standard InChI is InChI=1S/C9H9N3O5/c1-17-8-5(12-7(14)9(15)16)2-4(3-11-8)6(10)13/h2-3H,1H3,(H2,10,13)(H,12,14)(H,15,16). The molecular weight excluding hydrogens is 230 g/mol. The molecule has 0 radical (unpaired) electrons. The van der Waals surface area contributed by atoms with Crippen LogP contribution in [0.4, 0.5) is 5.69 Å². The number of nitrogens with one attached hydrogen (secondary N) is 1. The van der Waals surface area contributed by atoms with Crippen molar-refractivity contribution >= 4 is 23.5 Å². The van der Waals surface area contributed by atoms with E-state index in [1.54, 1.807) is 0 Å². The number of pyridine rings is 1. The summed E-state index contributed by atoms with van der Waals surface area (Å²) in [5, 5.41) is 10.4. The van der Waals surface area contributed by atoms with Crippen molar-refractivity contribution in [3.63, 3.8) is 0 Å². The van der Waals surface area contributed by atoms with Crippen molar-refractivity contribution in [1.82, 2.24) is 4.98 Å². The van der Waals surface area contributed by atoms with Crippen LogP contribution < -0.4 is 15.8 Å². The number of ether oxygens (including phenoxy) is 1. The van der Waals surface area contributed by atoms with Gasteiger partial charge < -0.3 is 20.9 Å². The van der Waals surface area contributed by atoms with E-state index in [0.29, 0.717) is 0 Å². The fourth-order valence-electron chi connectivity index (χ4n) is 1.01. The number of methoxy groups -OCH3 is 1. The van der Waals surface area contributed by atoms with Gasteiger partial charge in [0.15, 0.2) is 0 Å². The first-order valence-electron chi connectivity index (χ1n) is 4.33. The average Bonchev–Trinajstić information content (AvgIpc) is 2.28. The van der Waals surface area contributed by atoms with Crippen LogP contribution in [-0.4, -0.2) is 35.0 Å². The third-order valence-corrected chi connectivity index (χ3v) is 1.77. The Balaban J connectivity index is 3.10. The molecule has 17 heavy (non-hydrogen) atoms. The summed E-state index contributed by atoms with van der Waals surface area (Å²) < 4.78 is 4.79. The fourth-order valence-corrected chi connectivity index (χ4v) is 1.01. The number of aliphatic carboxylic acids is 1. The lowest BCUT2D eigenvalue weighted by molar-refractivity contribution is -0.147. The zero-order valence-corrected chi connectivity index (χ0v) is 8.76. The first-order valence-corrected chi connectivity index (χ1v) is 4.33. The second kappa shape index (κ2) is 4.92. The number of carboxylic acid groups (broad SMARTS) is 1. The van der Waals surface area contributed by atoms with Gasteiger partial charge in [0.05, 0.1) is 12.7 Å². The number of carbonyl (C=O) groups is 3. The molecule has 8 nitrogen and oxygen atoms in total. The van der Waals surface area contributed by atoms with Crippen molar-refractivity contribution in [3.05, 3.63) is 17.8 Å². The molecule has 0 saturated carbocycles. The zero-order valence-electron chi connectivity index (χ0n) is 8.76. The number of rotatable bonds is 3. The highest BCUT2D eigenvalue weighted by Gasteiger charge is 2.16. The van der Waals surface area contributed by atoms with E-state index >= 15 is 0 Å². The first kappa shape index (κ1) is 12.4. The van der Waals surface area contributed by atoms with E-state index in [2.05, 4.69) is 4.98 Å². The van der Waals surface area contributed by atoms with E-state index in [1.165, 1.54) is 13.2 Å². The number of hydrogen-bond donors (Lipinski definition) is 3. The molecule has 0 aliphatic heterocycles. The van der Waals surface area contributed by atoms with Gasteiger partial charge in [-0.2, -0.15) is 0 Å². The molecule has 0 atom stereocenters. The molecule has 0 aliphatic carbocycles. The Bertz CT molecular complexity index is 486. The molecule has 90 valence electrons. The summed E-state index contributed by atoms with van der Waals surface area (Å²) in [6.45, 7) is 0. The Kier molecular flexibility index (Phi) is 3.60. The van der Waals surface area contributed by atoms with E-state index in [1.807, 2.05) is 5.32 Å². The molecule has 1 heterocycles. The van der Waals surface area contributed by atoms with Crippen LogP contribution in [-0.2, 0) is 9.59 Å². The van der Waals surface area contributed by atoms with Crippen molar-refractivity contribution < 1.29 is 24.2 Å². The lowest BCUT2D eigenvalue weighted by Gasteiger charge is -2.08. The Morgan fingerprint density at radius 1 is 1.47 bits per heavy atom. The summed E-state index contributed by atoms with van der Waals surface area (Å²) in [4.78, 5) is 35.9.